The molecule has 19 heavy (non-hydrogen) atoms. The van der Waals surface area contributed by atoms with Crippen LogP contribution in [0, 0.1) is 6.92 Å². The van der Waals surface area contributed by atoms with Gasteiger partial charge in [-0.3, -0.25) is 4.72 Å². The molecule has 0 amide bonds. The molecule has 106 valence electrons. The maximum Gasteiger partial charge on any atom is 0.235 e. The Morgan fingerprint density at radius 3 is 2.79 bits per heavy atom. The smallest absolute Gasteiger partial charge is 0.235 e. The van der Waals surface area contributed by atoms with Gasteiger partial charge in [-0.2, -0.15) is 0 Å². The van der Waals surface area contributed by atoms with Crippen molar-refractivity contribution in [3.8, 4) is 0 Å². The van der Waals surface area contributed by atoms with Crippen molar-refractivity contribution in [2.45, 2.75) is 6.92 Å². The van der Waals surface area contributed by atoms with Crippen molar-refractivity contribution in [2.24, 2.45) is 10.9 Å². The lowest BCUT2D eigenvalue weighted by Crippen LogP contribution is -2.21. The molecule has 0 radical (unpaired) electrons. The van der Waals surface area contributed by atoms with Gasteiger partial charge in [-0.05, 0) is 18.6 Å². The molecule has 0 saturated carbocycles. The van der Waals surface area contributed by atoms with Crippen LogP contribution < -0.4 is 10.5 Å². The van der Waals surface area contributed by atoms with Gasteiger partial charge in [0.1, 0.15) is 0 Å². The Hall–Kier alpha value is -1.80. The van der Waals surface area contributed by atoms with E-state index < -0.39 is 10.0 Å². The maximum absolute atomic E-state index is 11.8. The van der Waals surface area contributed by atoms with E-state index in [1.165, 1.54) is 13.2 Å². The number of oxime groups is 1. The van der Waals surface area contributed by atoms with E-state index in [4.69, 9.17) is 15.7 Å². The van der Waals surface area contributed by atoms with Gasteiger partial charge in [0.05, 0.1) is 18.0 Å². The minimum atomic E-state index is -3.49. The van der Waals surface area contributed by atoms with Crippen molar-refractivity contribution in [1.29, 1.82) is 0 Å². The summed E-state index contributed by atoms with van der Waals surface area (Å²) in [4.78, 5) is 0. The van der Waals surface area contributed by atoms with Crippen molar-refractivity contribution in [1.82, 2.24) is 0 Å². The zero-order chi connectivity index (χ0) is 14.5. The van der Waals surface area contributed by atoms with E-state index in [-0.39, 0.29) is 18.2 Å². The summed E-state index contributed by atoms with van der Waals surface area (Å²) in [5.41, 5.74) is 7.01. The molecule has 1 rings (SSSR count). The number of aryl methyl sites for hydroxylation is 1. The number of amidine groups is 1. The van der Waals surface area contributed by atoms with E-state index in [2.05, 4.69) is 9.88 Å². The van der Waals surface area contributed by atoms with Gasteiger partial charge in [-0.1, -0.05) is 17.3 Å². The quantitative estimate of drug-likeness (QED) is 0.305. The van der Waals surface area contributed by atoms with Crippen molar-refractivity contribution in [2.75, 3.05) is 24.2 Å². The standard InChI is InChI=1S/C11H17N3O4S/c1-8-3-4-9(11(12)13-15)7-10(8)14-19(16,17)6-5-18-2/h3-4,7,14-15H,5-6H2,1-2H3,(H2,12,13). The van der Waals surface area contributed by atoms with Crippen LogP contribution in [-0.4, -0.2) is 38.9 Å². The van der Waals surface area contributed by atoms with Crippen LogP contribution in [0.15, 0.2) is 23.4 Å². The Kier molecular flexibility index (Phi) is 5.13. The number of sulfonamides is 1. The second-order valence-corrected chi connectivity index (χ2v) is 5.77. The minimum Gasteiger partial charge on any atom is -0.409 e. The molecule has 0 unspecified atom stereocenters. The summed E-state index contributed by atoms with van der Waals surface area (Å²) in [6, 6.07) is 4.83. The van der Waals surface area contributed by atoms with Crippen LogP contribution in [0.5, 0.6) is 0 Å². The average molecular weight is 287 g/mol. The topological polar surface area (TPSA) is 114 Å². The second-order valence-electron chi connectivity index (χ2n) is 3.93. The van der Waals surface area contributed by atoms with Crippen LogP contribution in [0.2, 0.25) is 0 Å². The number of methoxy groups -OCH3 is 1. The van der Waals surface area contributed by atoms with E-state index in [0.29, 0.717) is 11.3 Å². The number of nitrogens with two attached hydrogens (primary N) is 1. The third kappa shape index (κ3) is 4.42. The molecule has 4 N–H and O–H groups in total. The fourth-order valence-corrected chi connectivity index (χ4v) is 2.40. The van der Waals surface area contributed by atoms with Crippen LogP contribution in [-0.2, 0) is 14.8 Å². The summed E-state index contributed by atoms with van der Waals surface area (Å²) < 4.78 is 30.7. The normalized spacial score (nSPS) is 12.4. The Morgan fingerprint density at radius 1 is 1.53 bits per heavy atom. The molecule has 0 fully saturated rings. The molecule has 0 aromatic heterocycles. The van der Waals surface area contributed by atoms with Crippen molar-refractivity contribution in [3.63, 3.8) is 0 Å². The molecule has 0 atom stereocenters. The highest BCUT2D eigenvalue weighted by molar-refractivity contribution is 7.92. The molecule has 0 aliphatic rings. The van der Waals surface area contributed by atoms with Gasteiger partial charge in [0, 0.05) is 12.7 Å². The first kappa shape index (κ1) is 15.3. The molecule has 0 saturated heterocycles. The Labute approximate surface area is 112 Å². The average Bonchev–Trinajstić information content (AvgIpc) is 2.38. The number of rotatable bonds is 6. The third-order valence-corrected chi connectivity index (χ3v) is 3.70. The van der Waals surface area contributed by atoms with Crippen LogP contribution in [0.1, 0.15) is 11.1 Å². The Bertz CT molecular complexity index is 569. The SMILES string of the molecule is COCCS(=O)(=O)Nc1cc(C(N)=NO)ccc1C. The predicted octanol–water partition coefficient (Wildman–Crippen LogP) is 0.478. The zero-order valence-corrected chi connectivity index (χ0v) is 11.6. The van der Waals surface area contributed by atoms with Gasteiger partial charge in [-0.15, -0.1) is 0 Å². The van der Waals surface area contributed by atoms with Crippen molar-refractivity contribution < 1.29 is 18.4 Å². The molecular formula is C11H17N3O4S. The summed E-state index contributed by atoms with van der Waals surface area (Å²) in [5.74, 6) is -0.228. The maximum atomic E-state index is 11.8. The van der Waals surface area contributed by atoms with E-state index in [0.717, 1.165) is 5.56 Å². The number of nitrogens with one attached hydrogen (secondary N) is 1. The lowest BCUT2D eigenvalue weighted by atomic mass is 10.1. The van der Waals surface area contributed by atoms with Crippen LogP contribution in [0.25, 0.3) is 0 Å². The fourth-order valence-electron chi connectivity index (χ4n) is 1.36. The largest absolute Gasteiger partial charge is 0.409 e. The van der Waals surface area contributed by atoms with Gasteiger partial charge < -0.3 is 15.7 Å². The molecule has 8 heteroatoms. The summed E-state index contributed by atoms with van der Waals surface area (Å²) in [7, 11) is -2.06. The highest BCUT2D eigenvalue weighted by Gasteiger charge is 2.12. The van der Waals surface area contributed by atoms with Gasteiger partial charge in [0.2, 0.25) is 10.0 Å². The van der Waals surface area contributed by atoms with E-state index in [9.17, 15) is 8.42 Å². The molecular weight excluding hydrogens is 270 g/mol. The van der Waals surface area contributed by atoms with E-state index >= 15 is 0 Å². The molecule has 0 bridgehead atoms. The number of ether oxygens (including phenoxy) is 1. The molecule has 1 aromatic carbocycles. The van der Waals surface area contributed by atoms with Gasteiger partial charge in [-0.25, -0.2) is 8.42 Å². The molecule has 0 aliphatic heterocycles. The highest BCUT2D eigenvalue weighted by Crippen LogP contribution is 2.18. The Morgan fingerprint density at radius 2 is 2.21 bits per heavy atom. The lowest BCUT2D eigenvalue weighted by Gasteiger charge is -2.11. The van der Waals surface area contributed by atoms with Crippen LogP contribution in [0.4, 0.5) is 5.69 Å². The third-order valence-electron chi connectivity index (χ3n) is 2.46. The molecule has 7 nitrogen and oxygen atoms in total. The van der Waals surface area contributed by atoms with Gasteiger partial charge in [0.15, 0.2) is 5.84 Å². The number of benzene rings is 1. The van der Waals surface area contributed by atoms with Gasteiger partial charge in [0.25, 0.3) is 0 Å². The monoisotopic (exact) mass is 287 g/mol. The first-order valence-corrected chi connectivity index (χ1v) is 7.13. The van der Waals surface area contributed by atoms with Crippen molar-refractivity contribution in [3.05, 3.63) is 29.3 Å². The predicted molar refractivity (Wildman–Crippen MR) is 73.0 cm³/mol. The number of nitrogens with zero attached hydrogens (tertiary/aromatic N) is 1. The first-order chi connectivity index (χ1) is 8.89. The second kappa shape index (κ2) is 6.39. The van der Waals surface area contributed by atoms with Crippen molar-refractivity contribution >= 4 is 21.5 Å². The van der Waals surface area contributed by atoms with Crippen LogP contribution in [0.3, 0.4) is 0 Å². The fraction of sp³-hybridized carbons (Fsp3) is 0.364. The van der Waals surface area contributed by atoms with Gasteiger partial charge >= 0.3 is 0 Å². The first-order valence-electron chi connectivity index (χ1n) is 5.47. The summed E-state index contributed by atoms with van der Waals surface area (Å²) in [5, 5.41) is 11.5. The molecule has 0 aliphatic carbocycles. The summed E-state index contributed by atoms with van der Waals surface area (Å²) >= 11 is 0. The highest BCUT2D eigenvalue weighted by atomic mass is 32.2. The Balaban J connectivity index is 3.01. The van der Waals surface area contributed by atoms with Crippen LogP contribution >= 0.6 is 0 Å². The zero-order valence-electron chi connectivity index (χ0n) is 10.8. The summed E-state index contributed by atoms with van der Waals surface area (Å²) in [6.45, 7) is 1.86. The number of hydrogen-bond donors (Lipinski definition) is 3. The number of anilines is 1. The molecule has 0 heterocycles. The summed E-state index contributed by atoms with van der Waals surface area (Å²) in [6.07, 6.45) is 0. The minimum absolute atomic E-state index is 0.0858. The number of hydrogen-bond acceptors (Lipinski definition) is 5. The molecule has 1 aromatic rings. The van der Waals surface area contributed by atoms with E-state index in [1.807, 2.05) is 0 Å². The van der Waals surface area contributed by atoms with E-state index in [1.54, 1.807) is 19.1 Å². The molecule has 0 spiro atoms. The lowest BCUT2D eigenvalue weighted by molar-refractivity contribution is 0.217.